The van der Waals surface area contributed by atoms with E-state index >= 15 is 0 Å². The van der Waals surface area contributed by atoms with E-state index in [1.165, 1.54) is 9.10 Å². The molecule has 2 saturated heterocycles. The molecule has 0 saturated carbocycles. The predicted molar refractivity (Wildman–Crippen MR) is 103 cm³/mol. The zero-order valence-corrected chi connectivity index (χ0v) is 16.8. The Hall–Kier alpha value is -2.37. The molecule has 2 aromatic rings. The van der Waals surface area contributed by atoms with Crippen molar-refractivity contribution in [3.05, 3.63) is 24.3 Å². The molecule has 1 amide bonds. The monoisotopic (exact) mass is 420 g/mol. The molecule has 1 atom stereocenters. The van der Waals surface area contributed by atoms with Crippen LogP contribution in [0.1, 0.15) is 25.7 Å². The highest BCUT2D eigenvalue weighted by Gasteiger charge is 2.27. The molecule has 2 fully saturated rings. The number of sulfonamides is 1. The van der Waals surface area contributed by atoms with Crippen molar-refractivity contribution in [2.45, 2.75) is 43.2 Å². The average molecular weight is 420 g/mol. The number of benzene rings is 1. The van der Waals surface area contributed by atoms with E-state index < -0.39 is 10.0 Å². The second-order valence-corrected chi connectivity index (χ2v) is 9.16. The van der Waals surface area contributed by atoms with Crippen LogP contribution in [0.25, 0.3) is 11.4 Å². The summed E-state index contributed by atoms with van der Waals surface area (Å²) in [6.07, 6.45) is 3.84. The van der Waals surface area contributed by atoms with Gasteiger partial charge in [-0.25, -0.2) is 8.42 Å². The van der Waals surface area contributed by atoms with Gasteiger partial charge in [-0.1, -0.05) is 0 Å². The van der Waals surface area contributed by atoms with Crippen LogP contribution in [-0.2, 0) is 26.1 Å². The van der Waals surface area contributed by atoms with Gasteiger partial charge in [0.15, 0.2) is 0 Å². The van der Waals surface area contributed by atoms with Crippen LogP contribution in [0.3, 0.4) is 0 Å². The number of hydrogen-bond donors (Lipinski definition) is 1. The van der Waals surface area contributed by atoms with Crippen LogP contribution in [-0.4, -0.2) is 71.2 Å². The van der Waals surface area contributed by atoms with E-state index in [4.69, 9.17) is 4.74 Å². The highest BCUT2D eigenvalue weighted by Crippen LogP contribution is 2.23. The molecule has 0 aliphatic carbocycles. The summed E-state index contributed by atoms with van der Waals surface area (Å²) in [5, 5.41) is 14.9. The number of carbonyl (C=O) groups excluding carboxylic acids is 1. The number of nitrogens with one attached hydrogen (secondary N) is 1. The minimum absolute atomic E-state index is 0.0405. The number of aromatic nitrogens is 4. The second kappa shape index (κ2) is 8.56. The smallest absolute Gasteiger partial charge is 0.243 e. The molecule has 0 unspecified atom stereocenters. The van der Waals surface area contributed by atoms with E-state index in [0.29, 0.717) is 31.0 Å². The molecular formula is C18H24N6O4S. The Morgan fingerprint density at radius 2 is 1.93 bits per heavy atom. The molecule has 0 radical (unpaired) electrons. The Bertz CT molecular complexity index is 947. The number of nitrogens with zero attached hydrogens (tertiary/aromatic N) is 5. The van der Waals surface area contributed by atoms with Crippen LogP contribution < -0.4 is 5.32 Å². The quantitative estimate of drug-likeness (QED) is 0.689. The minimum atomic E-state index is -3.45. The molecule has 0 spiro atoms. The van der Waals surface area contributed by atoms with Gasteiger partial charge in [0.05, 0.1) is 11.0 Å². The molecule has 3 heterocycles. The fourth-order valence-corrected chi connectivity index (χ4v) is 5.01. The average Bonchev–Trinajstić information content (AvgIpc) is 3.49. The lowest BCUT2D eigenvalue weighted by atomic mass is 10.2. The predicted octanol–water partition coefficient (Wildman–Crippen LogP) is 0.420. The van der Waals surface area contributed by atoms with Crippen LogP contribution >= 0.6 is 0 Å². The standard InChI is InChI=1S/C18H24N6O4S/c25-17(19-12-15-4-3-11-28-15)13-24-21-18(20-22-24)14-5-7-16(8-6-14)29(26,27)23-9-1-2-10-23/h5-8,15H,1-4,9-13H2,(H,19,25)/t15-/m1/s1. The number of tetrazole rings is 1. The summed E-state index contributed by atoms with van der Waals surface area (Å²) < 4.78 is 32.2. The summed E-state index contributed by atoms with van der Waals surface area (Å²) in [5.74, 6) is 0.124. The Morgan fingerprint density at radius 3 is 2.62 bits per heavy atom. The lowest BCUT2D eigenvalue weighted by Crippen LogP contribution is -2.34. The molecular weight excluding hydrogens is 396 g/mol. The molecule has 2 aliphatic heterocycles. The number of ether oxygens (including phenoxy) is 1. The summed E-state index contributed by atoms with van der Waals surface area (Å²) >= 11 is 0. The summed E-state index contributed by atoms with van der Waals surface area (Å²) in [7, 11) is -3.45. The molecule has 1 aromatic carbocycles. The normalized spacial score (nSPS) is 20.2. The maximum atomic E-state index is 12.6. The Balaban J connectivity index is 1.37. The van der Waals surface area contributed by atoms with E-state index in [2.05, 4.69) is 20.7 Å². The summed E-state index contributed by atoms with van der Waals surface area (Å²) in [6, 6.07) is 6.42. The molecule has 29 heavy (non-hydrogen) atoms. The van der Waals surface area contributed by atoms with E-state index in [1.54, 1.807) is 24.3 Å². The van der Waals surface area contributed by atoms with Gasteiger partial charge in [0.2, 0.25) is 21.8 Å². The highest BCUT2D eigenvalue weighted by molar-refractivity contribution is 7.89. The SMILES string of the molecule is O=C(Cn1nnc(-c2ccc(S(=O)(=O)N3CCCC3)cc2)n1)NC[C@H]1CCCO1. The maximum Gasteiger partial charge on any atom is 0.243 e. The second-order valence-electron chi connectivity index (χ2n) is 7.22. The largest absolute Gasteiger partial charge is 0.376 e. The van der Waals surface area contributed by atoms with Gasteiger partial charge in [0.25, 0.3) is 0 Å². The summed E-state index contributed by atoms with van der Waals surface area (Å²) in [4.78, 5) is 13.5. The lowest BCUT2D eigenvalue weighted by Gasteiger charge is -2.15. The van der Waals surface area contributed by atoms with Gasteiger partial charge in [-0.05, 0) is 55.2 Å². The zero-order chi connectivity index (χ0) is 20.3. The number of hydrogen-bond acceptors (Lipinski definition) is 7. The zero-order valence-electron chi connectivity index (χ0n) is 16.0. The van der Waals surface area contributed by atoms with Gasteiger partial charge in [0, 0.05) is 31.8 Å². The molecule has 4 rings (SSSR count). The van der Waals surface area contributed by atoms with Gasteiger partial charge in [0.1, 0.15) is 6.54 Å². The van der Waals surface area contributed by atoms with Crippen molar-refractivity contribution in [1.82, 2.24) is 29.8 Å². The van der Waals surface area contributed by atoms with E-state index in [0.717, 1.165) is 32.3 Å². The lowest BCUT2D eigenvalue weighted by molar-refractivity contribution is -0.122. The summed E-state index contributed by atoms with van der Waals surface area (Å²) in [6.45, 7) is 2.31. The van der Waals surface area contributed by atoms with Crippen molar-refractivity contribution in [1.29, 1.82) is 0 Å². The van der Waals surface area contributed by atoms with Crippen molar-refractivity contribution in [2.24, 2.45) is 0 Å². The molecule has 11 heteroatoms. The molecule has 0 bridgehead atoms. The van der Waals surface area contributed by atoms with Crippen molar-refractivity contribution < 1.29 is 17.9 Å². The van der Waals surface area contributed by atoms with Crippen LogP contribution in [0, 0.1) is 0 Å². The van der Waals surface area contributed by atoms with Gasteiger partial charge < -0.3 is 10.1 Å². The first kappa shape index (κ1) is 19.9. The van der Waals surface area contributed by atoms with E-state index in [1.807, 2.05) is 0 Å². The van der Waals surface area contributed by atoms with Gasteiger partial charge in [-0.3, -0.25) is 4.79 Å². The molecule has 1 aromatic heterocycles. The van der Waals surface area contributed by atoms with Crippen LogP contribution in [0.5, 0.6) is 0 Å². The number of amides is 1. The molecule has 1 N–H and O–H groups in total. The van der Waals surface area contributed by atoms with Crippen molar-refractivity contribution in [2.75, 3.05) is 26.2 Å². The third-order valence-electron chi connectivity index (χ3n) is 5.10. The van der Waals surface area contributed by atoms with E-state index in [9.17, 15) is 13.2 Å². The van der Waals surface area contributed by atoms with Crippen molar-refractivity contribution >= 4 is 15.9 Å². The van der Waals surface area contributed by atoms with Crippen molar-refractivity contribution in [3.8, 4) is 11.4 Å². The van der Waals surface area contributed by atoms with Crippen LogP contribution in [0.2, 0.25) is 0 Å². The van der Waals surface area contributed by atoms with Gasteiger partial charge >= 0.3 is 0 Å². The third-order valence-corrected chi connectivity index (χ3v) is 7.02. The fourth-order valence-electron chi connectivity index (χ4n) is 3.50. The summed E-state index contributed by atoms with van der Waals surface area (Å²) in [5.41, 5.74) is 0.636. The minimum Gasteiger partial charge on any atom is -0.376 e. The topological polar surface area (TPSA) is 119 Å². The first-order valence-corrected chi connectivity index (χ1v) is 11.2. The Labute approximate surface area is 169 Å². The third kappa shape index (κ3) is 4.62. The highest BCUT2D eigenvalue weighted by atomic mass is 32.2. The first-order chi connectivity index (χ1) is 14.0. The van der Waals surface area contributed by atoms with Crippen LogP contribution in [0.15, 0.2) is 29.2 Å². The molecule has 2 aliphatic rings. The number of carbonyl (C=O) groups is 1. The Morgan fingerprint density at radius 1 is 1.17 bits per heavy atom. The fraction of sp³-hybridized carbons (Fsp3) is 0.556. The molecule has 10 nitrogen and oxygen atoms in total. The number of rotatable bonds is 7. The van der Waals surface area contributed by atoms with Crippen molar-refractivity contribution in [3.63, 3.8) is 0 Å². The van der Waals surface area contributed by atoms with E-state index in [-0.39, 0.29) is 23.5 Å². The van der Waals surface area contributed by atoms with Gasteiger partial charge in [-0.2, -0.15) is 9.10 Å². The van der Waals surface area contributed by atoms with Gasteiger partial charge in [-0.15, -0.1) is 10.2 Å². The van der Waals surface area contributed by atoms with Crippen LogP contribution in [0.4, 0.5) is 0 Å². The molecule has 156 valence electrons. The first-order valence-electron chi connectivity index (χ1n) is 9.79. The Kier molecular flexibility index (Phi) is 5.88. The maximum absolute atomic E-state index is 12.6.